The summed E-state index contributed by atoms with van der Waals surface area (Å²) in [5.41, 5.74) is 1.84. The van der Waals surface area contributed by atoms with Crippen LogP contribution in [0.5, 0.6) is 0 Å². The number of nitrogens with one attached hydrogen (secondary N) is 1. The van der Waals surface area contributed by atoms with Crippen molar-refractivity contribution in [3.05, 3.63) is 42.1 Å². The van der Waals surface area contributed by atoms with Crippen molar-refractivity contribution in [2.45, 2.75) is 32.7 Å². The predicted molar refractivity (Wildman–Crippen MR) is 89.3 cm³/mol. The van der Waals surface area contributed by atoms with Crippen LogP contribution in [0.15, 0.2) is 40.9 Å². The third-order valence-electron chi connectivity index (χ3n) is 4.90. The number of hydrogen-bond donors (Lipinski definition) is 1. The van der Waals surface area contributed by atoms with E-state index in [1.807, 2.05) is 36.4 Å². The molecule has 2 atom stereocenters. The molecule has 1 aromatic carbocycles. The molecule has 1 heterocycles. The van der Waals surface area contributed by atoms with E-state index in [-0.39, 0.29) is 11.5 Å². The molecule has 0 spiro atoms. The zero-order valence-corrected chi connectivity index (χ0v) is 14.4. The lowest BCUT2D eigenvalue weighted by molar-refractivity contribution is 0.0271. The highest BCUT2D eigenvalue weighted by Crippen LogP contribution is 2.48. The number of nitrogens with zero attached hydrogens (tertiary/aromatic N) is 1. The standard InChI is InChI=1S/C17H22N2O3S/c1-17(2)13(10-16(17)19-23(3,20)21)9-14-11-15(22-18-14)12-7-5-4-6-8-12/h4-8,11,13,16,19H,9-10H2,1-3H3. The summed E-state index contributed by atoms with van der Waals surface area (Å²) in [6.45, 7) is 4.20. The largest absolute Gasteiger partial charge is 0.356 e. The topological polar surface area (TPSA) is 72.2 Å². The van der Waals surface area contributed by atoms with E-state index in [2.05, 4.69) is 23.7 Å². The van der Waals surface area contributed by atoms with E-state index in [9.17, 15) is 8.42 Å². The van der Waals surface area contributed by atoms with Gasteiger partial charge in [0, 0.05) is 17.7 Å². The first kappa shape index (κ1) is 16.2. The Bertz CT molecular complexity index is 781. The van der Waals surface area contributed by atoms with Crippen LogP contribution in [0.25, 0.3) is 11.3 Å². The van der Waals surface area contributed by atoms with E-state index in [0.29, 0.717) is 5.92 Å². The van der Waals surface area contributed by atoms with Crippen molar-refractivity contribution in [2.24, 2.45) is 11.3 Å². The molecule has 0 bridgehead atoms. The number of sulfonamides is 1. The summed E-state index contributed by atoms with van der Waals surface area (Å²) < 4.78 is 31.0. The van der Waals surface area contributed by atoms with Gasteiger partial charge in [-0.05, 0) is 24.2 Å². The molecule has 0 radical (unpaired) electrons. The van der Waals surface area contributed by atoms with E-state index in [1.54, 1.807) is 0 Å². The Kier molecular flexibility index (Phi) is 4.06. The second-order valence-corrected chi connectivity index (χ2v) is 8.73. The zero-order chi connectivity index (χ0) is 16.7. The lowest BCUT2D eigenvalue weighted by Gasteiger charge is -2.52. The van der Waals surface area contributed by atoms with Crippen molar-refractivity contribution in [3.63, 3.8) is 0 Å². The van der Waals surface area contributed by atoms with Gasteiger partial charge >= 0.3 is 0 Å². The molecule has 0 aliphatic heterocycles. The van der Waals surface area contributed by atoms with E-state index in [0.717, 1.165) is 29.9 Å². The average molecular weight is 334 g/mol. The molecule has 0 amide bonds. The molecular weight excluding hydrogens is 312 g/mol. The van der Waals surface area contributed by atoms with Gasteiger partial charge < -0.3 is 4.52 Å². The normalized spacial score (nSPS) is 23.4. The quantitative estimate of drug-likeness (QED) is 0.912. The highest BCUT2D eigenvalue weighted by atomic mass is 32.2. The average Bonchev–Trinajstić information content (AvgIpc) is 2.95. The minimum atomic E-state index is -3.17. The van der Waals surface area contributed by atoms with Gasteiger partial charge in [0.25, 0.3) is 0 Å². The molecule has 5 nitrogen and oxygen atoms in total. The minimum Gasteiger partial charge on any atom is -0.356 e. The third kappa shape index (κ3) is 3.48. The number of hydrogen-bond acceptors (Lipinski definition) is 4. The molecule has 2 unspecified atom stereocenters. The van der Waals surface area contributed by atoms with Gasteiger partial charge in [0.05, 0.1) is 11.9 Å². The third-order valence-corrected chi connectivity index (χ3v) is 5.61. The summed E-state index contributed by atoms with van der Waals surface area (Å²) in [6.07, 6.45) is 2.83. The van der Waals surface area contributed by atoms with Crippen molar-refractivity contribution in [1.82, 2.24) is 9.88 Å². The van der Waals surface area contributed by atoms with E-state index >= 15 is 0 Å². The van der Waals surface area contributed by atoms with Gasteiger partial charge in [-0.15, -0.1) is 0 Å². The van der Waals surface area contributed by atoms with Crippen molar-refractivity contribution in [3.8, 4) is 11.3 Å². The first-order valence-corrected chi connectivity index (χ1v) is 9.63. The lowest BCUT2D eigenvalue weighted by Crippen LogP contribution is -2.58. The van der Waals surface area contributed by atoms with Gasteiger partial charge in [0.1, 0.15) is 0 Å². The van der Waals surface area contributed by atoms with Crippen LogP contribution in [0.2, 0.25) is 0 Å². The van der Waals surface area contributed by atoms with Gasteiger partial charge in [-0.3, -0.25) is 0 Å². The maximum absolute atomic E-state index is 11.4. The van der Waals surface area contributed by atoms with E-state index in [4.69, 9.17) is 4.52 Å². The van der Waals surface area contributed by atoms with Crippen molar-refractivity contribution in [1.29, 1.82) is 0 Å². The molecule has 1 N–H and O–H groups in total. The molecule has 1 fully saturated rings. The summed E-state index contributed by atoms with van der Waals surface area (Å²) in [4.78, 5) is 0. The molecule has 1 aliphatic rings. The fourth-order valence-electron chi connectivity index (χ4n) is 3.22. The van der Waals surface area contributed by atoms with Crippen molar-refractivity contribution in [2.75, 3.05) is 6.26 Å². The summed E-state index contributed by atoms with van der Waals surface area (Å²) in [5.74, 6) is 1.15. The second kappa shape index (κ2) is 5.76. The molecule has 23 heavy (non-hydrogen) atoms. The van der Waals surface area contributed by atoms with Gasteiger partial charge in [0.2, 0.25) is 10.0 Å². The van der Waals surface area contributed by atoms with Crippen LogP contribution in [0, 0.1) is 11.3 Å². The molecule has 1 aliphatic carbocycles. The highest BCUT2D eigenvalue weighted by Gasteiger charge is 2.49. The summed E-state index contributed by atoms with van der Waals surface area (Å²) in [5, 5.41) is 4.17. The van der Waals surface area contributed by atoms with Gasteiger partial charge in [-0.1, -0.05) is 49.3 Å². The Morgan fingerprint density at radius 3 is 2.61 bits per heavy atom. The number of benzene rings is 1. The van der Waals surface area contributed by atoms with Gasteiger partial charge in [-0.2, -0.15) is 0 Å². The zero-order valence-electron chi connectivity index (χ0n) is 13.6. The Morgan fingerprint density at radius 2 is 2.00 bits per heavy atom. The van der Waals surface area contributed by atoms with Gasteiger partial charge in [-0.25, -0.2) is 13.1 Å². The molecular formula is C17H22N2O3S. The molecule has 1 saturated carbocycles. The highest BCUT2D eigenvalue weighted by molar-refractivity contribution is 7.88. The summed E-state index contributed by atoms with van der Waals surface area (Å²) in [7, 11) is -3.17. The maximum atomic E-state index is 11.4. The van der Waals surface area contributed by atoms with Crippen LogP contribution in [0.4, 0.5) is 0 Å². The Morgan fingerprint density at radius 1 is 1.30 bits per heavy atom. The number of aromatic nitrogens is 1. The number of rotatable bonds is 5. The maximum Gasteiger partial charge on any atom is 0.208 e. The first-order valence-electron chi connectivity index (χ1n) is 7.74. The van der Waals surface area contributed by atoms with Crippen molar-refractivity contribution < 1.29 is 12.9 Å². The summed E-state index contributed by atoms with van der Waals surface area (Å²) in [6, 6.07) is 11.8. The molecule has 0 saturated heterocycles. The minimum absolute atomic E-state index is 0.0111. The monoisotopic (exact) mass is 334 g/mol. The van der Waals surface area contributed by atoms with Crippen LogP contribution in [-0.4, -0.2) is 25.9 Å². The second-order valence-electron chi connectivity index (χ2n) is 6.95. The smallest absolute Gasteiger partial charge is 0.208 e. The van der Waals surface area contributed by atoms with E-state index in [1.165, 1.54) is 6.26 Å². The predicted octanol–water partition coefficient (Wildman–Crippen LogP) is 2.85. The molecule has 124 valence electrons. The fraction of sp³-hybridized carbons (Fsp3) is 0.471. The van der Waals surface area contributed by atoms with Gasteiger partial charge in [0.15, 0.2) is 5.76 Å². The molecule has 6 heteroatoms. The first-order chi connectivity index (χ1) is 10.8. The molecule has 3 rings (SSSR count). The summed E-state index contributed by atoms with van der Waals surface area (Å²) >= 11 is 0. The van der Waals surface area contributed by atoms with Crippen LogP contribution >= 0.6 is 0 Å². The molecule has 1 aromatic heterocycles. The Balaban J connectivity index is 1.66. The Hall–Kier alpha value is -1.66. The van der Waals surface area contributed by atoms with Crippen LogP contribution in [0.1, 0.15) is 26.0 Å². The lowest BCUT2D eigenvalue weighted by atomic mass is 9.57. The van der Waals surface area contributed by atoms with Crippen LogP contribution < -0.4 is 4.72 Å². The van der Waals surface area contributed by atoms with Crippen LogP contribution in [-0.2, 0) is 16.4 Å². The Labute approximate surface area is 137 Å². The van der Waals surface area contributed by atoms with Crippen molar-refractivity contribution >= 4 is 10.0 Å². The van der Waals surface area contributed by atoms with E-state index < -0.39 is 10.0 Å². The molecule has 2 aromatic rings. The SMILES string of the molecule is CC1(C)C(Cc2cc(-c3ccccc3)on2)CC1NS(C)(=O)=O. The van der Waals surface area contributed by atoms with Crippen LogP contribution in [0.3, 0.4) is 0 Å². The fourth-order valence-corrected chi connectivity index (χ4v) is 4.14.